The summed E-state index contributed by atoms with van der Waals surface area (Å²) in [6, 6.07) is 3.83. The molecular formula is C14H19N3O4. The van der Waals surface area contributed by atoms with Crippen molar-refractivity contribution in [2.24, 2.45) is 0 Å². The van der Waals surface area contributed by atoms with Crippen molar-refractivity contribution in [3.8, 4) is 0 Å². The Morgan fingerprint density at radius 3 is 2.52 bits per heavy atom. The summed E-state index contributed by atoms with van der Waals surface area (Å²) in [4.78, 5) is 4.28. The number of nitrogen functional groups attached to an aromatic ring is 1. The minimum atomic E-state index is -1.18. The van der Waals surface area contributed by atoms with Crippen molar-refractivity contribution in [3.63, 3.8) is 0 Å². The third-order valence-corrected chi connectivity index (χ3v) is 4.10. The molecule has 1 fully saturated rings. The molecule has 0 amide bonds. The summed E-state index contributed by atoms with van der Waals surface area (Å²) < 4.78 is 7.09. The fourth-order valence-corrected chi connectivity index (χ4v) is 2.73. The molecule has 1 aliphatic heterocycles. The number of nitrogens with zero attached hydrogens (tertiary/aromatic N) is 2. The maximum absolute atomic E-state index is 10.1. The molecule has 114 valence electrons. The number of aromatic nitrogens is 2. The highest BCUT2D eigenvalue weighted by Gasteiger charge is 2.44. The Labute approximate surface area is 121 Å². The Morgan fingerprint density at radius 1 is 1.24 bits per heavy atom. The number of nitrogens with two attached hydrogens (primary N) is 1. The van der Waals surface area contributed by atoms with E-state index in [9.17, 15) is 15.3 Å². The quantitative estimate of drug-likeness (QED) is 0.612. The van der Waals surface area contributed by atoms with Crippen molar-refractivity contribution >= 4 is 17.0 Å². The number of ether oxygens (including phenoxy) is 1. The van der Waals surface area contributed by atoms with Crippen LogP contribution in [0.15, 0.2) is 12.1 Å². The third kappa shape index (κ3) is 2.09. The van der Waals surface area contributed by atoms with Crippen molar-refractivity contribution in [2.75, 3.05) is 12.3 Å². The minimum Gasteiger partial charge on any atom is -0.394 e. The number of imidazole rings is 1. The molecule has 4 atom stereocenters. The first-order valence-corrected chi connectivity index (χ1v) is 6.81. The molecule has 0 bridgehead atoms. The molecule has 1 aromatic carbocycles. The van der Waals surface area contributed by atoms with E-state index in [2.05, 4.69) is 4.98 Å². The number of aliphatic hydroxyl groups excluding tert-OH is 3. The molecule has 2 aromatic rings. The highest BCUT2D eigenvalue weighted by atomic mass is 16.6. The summed E-state index contributed by atoms with van der Waals surface area (Å²) in [5, 5.41) is 29.2. The van der Waals surface area contributed by atoms with Gasteiger partial charge in [-0.05, 0) is 37.1 Å². The van der Waals surface area contributed by atoms with Gasteiger partial charge < -0.3 is 25.8 Å². The summed E-state index contributed by atoms with van der Waals surface area (Å²) in [7, 11) is 0. The van der Waals surface area contributed by atoms with E-state index in [0.29, 0.717) is 5.52 Å². The zero-order chi connectivity index (χ0) is 15.3. The van der Waals surface area contributed by atoms with Gasteiger partial charge in [0.1, 0.15) is 18.3 Å². The first-order valence-electron chi connectivity index (χ1n) is 6.81. The highest BCUT2D eigenvalue weighted by molar-refractivity contribution is 5.80. The maximum Gasteiger partial charge on any atom is 0.203 e. The van der Waals surface area contributed by atoms with Crippen molar-refractivity contribution in [1.82, 2.24) is 9.55 Å². The van der Waals surface area contributed by atoms with Gasteiger partial charge in [0, 0.05) is 0 Å². The zero-order valence-corrected chi connectivity index (χ0v) is 11.9. The lowest BCUT2D eigenvalue weighted by Gasteiger charge is -2.18. The topological polar surface area (TPSA) is 114 Å². The lowest BCUT2D eigenvalue weighted by Crippen LogP contribution is -2.33. The molecule has 0 radical (unpaired) electrons. The standard InChI is InChI=1S/C14H19N3O4/c1-6-3-8-9(4-7(6)2)17(14(15)16-8)13-12(20)11(19)10(5-18)21-13/h3-4,10-13,18-20H,5H2,1-2H3,(H2,15,16). The first kappa shape index (κ1) is 14.3. The normalized spacial score (nSPS) is 29.4. The van der Waals surface area contributed by atoms with Crippen LogP contribution in [0, 0.1) is 13.8 Å². The van der Waals surface area contributed by atoms with Crippen molar-refractivity contribution < 1.29 is 20.1 Å². The molecule has 1 aliphatic rings. The number of aryl methyl sites for hydroxylation is 2. The van der Waals surface area contributed by atoms with Gasteiger partial charge in [-0.3, -0.25) is 4.57 Å². The number of anilines is 1. The van der Waals surface area contributed by atoms with Crippen molar-refractivity contribution in [3.05, 3.63) is 23.3 Å². The van der Waals surface area contributed by atoms with E-state index in [0.717, 1.165) is 16.6 Å². The lowest BCUT2D eigenvalue weighted by atomic mass is 10.1. The monoisotopic (exact) mass is 293 g/mol. The van der Waals surface area contributed by atoms with E-state index in [4.69, 9.17) is 10.5 Å². The predicted octanol–water partition coefficient (Wildman–Crippen LogP) is -0.153. The number of rotatable bonds is 2. The Balaban J connectivity index is 2.12. The van der Waals surface area contributed by atoms with Crippen LogP contribution in [-0.4, -0.2) is 49.8 Å². The van der Waals surface area contributed by atoms with Crippen LogP contribution in [0.3, 0.4) is 0 Å². The largest absolute Gasteiger partial charge is 0.394 e. The summed E-state index contributed by atoms with van der Waals surface area (Å²) in [5.41, 5.74) is 9.53. The van der Waals surface area contributed by atoms with Crippen molar-refractivity contribution in [2.45, 2.75) is 38.4 Å². The summed E-state index contributed by atoms with van der Waals surface area (Å²) >= 11 is 0. The van der Waals surface area contributed by atoms with E-state index in [1.807, 2.05) is 26.0 Å². The van der Waals surface area contributed by atoms with Crippen LogP contribution in [0.2, 0.25) is 0 Å². The first-order chi connectivity index (χ1) is 9.93. The van der Waals surface area contributed by atoms with Gasteiger partial charge in [-0.25, -0.2) is 4.98 Å². The lowest BCUT2D eigenvalue weighted by molar-refractivity contribution is -0.0498. The molecule has 7 heteroatoms. The van der Waals surface area contributed by atoms with E-state index < -0.39 is 24.5 Å². The van der Waals surface area contributed by atoms with Gasteiger partial charge in [0.2, 0.25) is 5.95 Å². The van der Waals surface area contributed by atoms with E-state index in [1.165, 1.54) is 0 Å². The second kappa shape index (κ2) is 4.96. The van der Waals surface area contributed by atoms with Crippen LogP contribution in [0.25, 0.3) is 11.0 Å². The van der Waals surface area contributed by atoms with Gasteiger partial charge in [0.15, 0.2) is 6.23 Å². The molecule has 1 saturated heterocycles. The molecule has 0 aliphatic carbocycles. The maximum atomic E-state index is 10.1. The second-order valence-electron chi connectivity index (χ2n) is 5.49. The predicted molar refractivity (Wildman–Crippen MR) is 76.6 cm³/mol. The Hall–Kier alpha value is -1.67. The van der Waals surface area contributed by atoms with Crippen LogP contribution in [0.1, 0.15) is 17.4 Å². The Kier molecular flexibility index (Phi) is 3.37. The summed E-state index contributed by atoms with van der Waals surface area (Å²) in [5.74, 6) is 0.199. The average molecular weight is 293 g/mol. The van der Waals surface area contributed by atoms with Gasteiger partial charge in [-0.15, -0.1) is 0 Å². The molecule has 4 unspecified atom stereocenters. The molecule has 0 spiro atoms. The highest BCUT2D eigenvalue weighted by Crippen LogP contribution is 2.34. The van der Waals surface area contributed by atoms with Crippen LogP contribution in [0.4, 0.5) is 5.95 Å². The molecule has 7 nitrogen and oxygen atoms in total. The van der Waals surface area contributed by atoms with Crippen molar-refractivity contribution in [1.29, 1.82) is 0 Å². The number of benzene rings is 1. The van der Waals surface area contributed by atoms with Crippen LogP contribution >= 0.6 is 0 Å². The van der Waals surface area contributed by atoms with E-state index in [-0.39, 0.29) is 12.6 Å². The average Bonchev–Trinajstić information content (AvgIpc) is 2.89. The molecule has 0 saturated carbocycles. The van der Waals surface area contributed by atoms with Gasteiger partial charge in [-0.2, -0.15) is 0 Å². The van der Waals surface area contributed by atoms with E-state index in [1.54, 1.807) is 4.57 Å². The zero-order valence-electron chi connectivity index (χ0n) is 11.9. The SMILES string of the molecule is Cc1cc2nc(N)n(C3OC(CO)C(O)C3O)c2cc1C. The van der Waals surface area contributed by atoms with Gasteiger partial charge in [0.05, 0.1) is 17.6 Å². The molecule has 2 heterocycles. The van der Waals surface area contributed by atoms with Gasteiger partial charge >= 0.3 is 0 Å². The third-order valence-electron chi connectivity index (χ3n) is 4.10. The molecule has 3 rings (SSSR count). The number of fused-ring (bicyclic) bond motifs is 1. The molecule has 5 N–H and O–H groups in total. The van der Waals surface area contributed by atoms with Gasteiger partial charge in [0.25, 0.3) is 0 Å². The number of hydrogen-bond acceptors (Lipinski definition) is 6. The summed E-state index contributed by atoms with van der Waals surface area (Å²) in [6.07, 6.45) is -4.05. The van der Waals surface area contributed by atoms with Gasteiger partial charge in [-0.1, -0.05) is 0 Å². The van der Waals surface area contributed by atoms with Crippen LogP contribution < -0.4 is 5.73 Å². The van der Waals surface area contributed by atoms with Crippen LogP contribution in [-0.2, 0) is 4.74 Å². The second-order valence-corrected chi connectivity index (χ2v) is 5.49. The number of hydrogen-bond donors (Lipinski definition) is 4. The van der Waals surface area contributed by atoms with E-state index >= 15 is 0 Å². The smallest absolute Gasteiger partial charge is 0.203 e. The fraction of sp³-hybridized carbons (Fsp3) is 0.500. The molecule has 1 aromatic heterocycles. The minimum absolute atomic E-state index is 0.199. The molecule has 21 heavy (non-hydrogen) atoms. The Bertz CT molecular complexity index is 684. The molecular weight excluding hydrogens is 274 g/mol. The summed E-state index contributed by atoms with van der Waals surface area (Å²) in [6.45, 7) is 3.58. The Morgan fingerprint density at radius 2 is 1.90 bits per heavy atom. The number of aliphatic hydroxyl groups is 3. The fourth-order valence-electron chi connectivity index (χ4n) is 2.73. The van der Waals surface area contributed by atoms with Crippen LogP contribution in [0.5, 0.6) is 0 Å².